The number of carbonyl (C=O) groups is 1. The van der Waals surface area contributed by atoms with Crippen molar-refractivity contribution < 1.29 is 4.79 Å². The third-order valence-corrected chi connectivity index (χ3v) is 3.54. The van der Waals surface area contributed by atoms with Gasteiger partial charge in [-0.2, -0.15) is 9.61 Å². The van der Waals surface area contributed by atoms with Gasteiger partial charge in [-0.05, 0) is 32.4 Å². The summed E-state index contributed by atoms with van der Waals surface area (Å²) in [5.74, 6) is 0.803. The summed E-state index contributed by atoms with van der Waals surface area (Å²) < 4.78 is 1.64. The van der Waals surface area contributed by atoms with Crippen molar-refractivity contribution in [3.63, 3.8) is 0 Å². The minimum Gasteiger partial charge on any atom is -0.314 e. The molecule has 2 atom stereocenters. The van der Waals surface area contributed by atoms with Gasteiger partial charge in [0.2, 0.25) is 5.91 Å². The van der Waals surface area contributed by atoms with Gasteiger partial charge in [0.15, 0.2) is 5.65 Å². The lowest BCUT2D eigenvalue weighted by Crippen LogP contribution is -2.40. The van der Waals surface area contributed by atoms with Crippen LogP contribution in [0.5, 0.6) is 0 Å². The van der Waals surface area contributed by atoms with Crippen LogP contribution in [0.1, 0.15) is 19.8 Å². The molecule has 3 rings (SSSR count). The number of nitrogens with zero attached hydrogens (tertiary/aromatic N) is 3. The summed E-state index contributed by atoms with van der Waals surface area (Å²) in [5, 5.41) is 10.5. The van der Waals surface area contributed by atoms with Crippen LogP contribution < -0.4 is 10.6 Å². The molecule has 1 saturated heterocycles. The molecular weight excluding hydrogens is 242 g/mol. The van der Waals surface area contributed by atoms with Crippen molar-refractivity contribution in [2.45, 2.75) is 25.8 Å². The highest BCUT2D eigenvalue weighted by Crippen LogP contribution is 2.18. The Bertz CT molecular complexity index is 593. The lowest BCUT2D eigenvalue weighted by atomic mass is 9.92. The predicted molar refractivity (Wildman–Crippen MR) is 71.8 cm³/mol. The van der Waals surface area contributed by atoms with Gasteiger partial charge in [-0.3, -0.25) is 4.79 Å². The van der Waals surface area contributed by atoms with Gasteiger partial charge in [-0.25, -0.2) is 4.98 Å². The number of carbonyl (C=O) groups excluding carboxylic acids is 1. The first kappa shape index (κ1) is 12.1. The average molecular weight is 259 g/mol. The SMILES string of the molecule is C[C@H]1C[C@@H](C(=O)Nc2ccnc3ccnn23)CCN1. The van der Waals surface area contributed by atoms with E-state index in [1.165, 1.54) is 0 Å². The first-order valence-electron chi connectivity index (χ1n) is 6.57. The monoisotopic (exact) mass is 259 g/mol. The molecule has 100 valence electrons. The molecule has 1 fully saturated rings. The van der Waals surface area contributed by atoms with E-state index in [0.29, 0.717) is 11.9 Å². The van der Waals surface area contributed by atoms with Crippen molar-refractivity contribution in [3.8, 4) is 0 Å². The summed E-state index contributed by atoms with van der Waals surface area (Å²) in [6.45, 7) is 3.00. The molecule has 2 aromatic rings. The van der Waals surface area contributed by atoms with Crippen molar-refractivity contribution in [1.82, 2.24) is 19.9 Å². The summed E-state index contributed by atoms with van der Waals surface area (Å²) in [5.41, 5.74) is 0.733. The molecule has 19 heavy (non-hydrogen) atoms. The van der Waals surface area contributed by atoms with Gasteiger partial charge < -0.3 is 10.6 Å². The van der Waals surface area contributed by atoms with Crippen LogP contribution in [0, 0.1) is 5.92 Å². The van der Waals surface area contributed by atoms with Gasteiger partial charge in [-0.15, -0.1) is 0 Å². The summed E-state index contributed by atoms with van der Waals surface area (Å²) >= 11 is 0. The zero-order valence-electron chi connectivity index (χ0n) is 10.8. The molecule has 6 nitrogen and oxygen atoms in total. The van der Waals surface area contributed by atoms with E-state index in [9.17, 15) is 4.79 Å². The van der Waals surface area contributed by atoms with Gasteiger partial charge in [-0.1, -0.05) is 0 Å². The normalized spacial score (nSPS) is 23.4. The molecule has 3 heterocycles. The van der Waals surface area contributed by atoms with Gasteiger partial charge in [0, 0.05) is 24.2 Å². The number of rotatable bonds is 2. The minimum absolute atomic E-state index is 0.0648. The van der Waals surface area contributed by atoms with E-state index in [4.69, 9.17) is 0 Å². The molecule has 1 amide bonds. The van der Waals surface area contributed by atoms with Crippen LogP contribution in [-0.4, -0.2) is 33.1 Å². The summed E-state index contributed by atoms with van der Waals surface area (Å²) in [6.07, 6.45) is 5.10. The van der Waals surface area contributed by atoms with Gasteiger partial charge >= 0.3 is 0 Å². The first-order valence-corrected chi connectivity index (χ1v) is 6.57. The van der Waals surface area contributed by atoms with Crippen molar-refractivity contribution in [3.05, 3.63) is 24.5 Å². The Balaban J connectivity index is 1.77. The molecule has 2 aromatic heterocycles. The van der Waals surface area contributed by atoms with Crippen molar-refractivity contribution in [2.24, 2.45) is 5.92 Å². The molecule has 6 heteroatoms. The highest BCUT2D eigenvalue weighted by molar-refractivity contribution is 5.92. The Morgan fingerprint density at radius 2 is 2.37 bits per heavy atom. The number of piperidine rings is 1. The maximum absolute atomic E-state index is 12.3. The molecule has 2 N–H and O–H groups in total. The number of aromatic nitrogens is 3. The highest BCUT2D eigenvalue weighted by Gasteiger charge is 2.25. The lowest BCUT2D eigenvalue weighted by Gasteiger charge is -2.27. The number of hydrogen-bond acceptors (Lipinski definition) is 4. The van der Waals surface area contributed by atoms with Crippen LogP contribution in [0.2, 0.25) is 0 Å². The highest BCUT2D eigenvalue weighted by atomic mass is 16.2. The Labute approximate surface area is 111 Å². The van der Waals surface area contributed by atoms with E-state index < -0.39 is 0 Å². The average Bonchev–Trinajstić information content (AvgIpc) is 2.88. The van der Waals surface area contributed by atoms with E-state index in [-0.39, 0.29) is 11.8 Å². The molecule has 0 radical (unpaired) electrons. The molecule has 0 aliphatic carbocycles. The summed E-state index contributed by atoms with van der Waals surface area (Å²) in [6, 6.07) is 3.97. The third-order valence-electron chi connectivity index (χ3n) is 3.54. The van der Waals surface area contributed by atoms with Crippen LogP contribution in [-0.2, 0) is 4.79 Å². The predicted octanol–water partition coefficient (Wildman–Crippen LogP) is 1.06. The van der Waals surface area contributed by atoms with Crippen molar-refractivity contribution >= 4 is 17.4 Å². The lowest BCUT2D eigenvalue weighted by molar-refractivity contribution is -0.120. The zero-order valence-corrected chi connectivity index (χ0v) is 10.8. The van der Waals surface area contributed by atoms with Crippen LogP contribution in [0.25, 0.3) is 5.65 Å². The fourth-order valence-electron chi connectivity index (χ4n) is 2.53. The van der Waals surface area contributed by atoms with Gasteiger partial charge in [0.25, 0.3) is 0 Å². The number of nitrogens with one attached hydrogen (secondary N) is 2. The van der Waals surface area contributed by atoms with Crippen molar-refractivity contribution in [2.75, 3.05) is 11.9 Å². The standard InChI is InChI=1S/C13H17N5O/c1-9-8-10(2-5-14-9)13(19)17-12-3-6-15-11-4-7-16-18(11)12/h3-4,6-7,9-10,14H,2,5,8H2,1H3,(H,17,19)/t9-,10-/m0/s1. The second kappa shape index (κ2) is 4.97. The largest absolute Gasteiger partial charge is 0.314 e. The third kappa shape index (κ3) is 2.44. The topological polar surface area (TPSA) is 71.3 Å². The number of fused-ring (bicyclic) bond motifs is 1. The van der Waals surface area contributed by atoms with E-state index >= 15 is 0 Å². The molecule has 0 spiro atoms. The van der Waals surface area contributed by atoms with Crippen LogP contribution in [0.15, 0.2) is 24.5 Å². The van der Waals surface area contributed by atoms with Crippen molar-refractivity contribution in [1.29, 1.82) is 0 Å². The molecule has 0 bridgehead atoms. The zero-order chi connectivity index (χ0) is 13.2. The Kier molecular flexibility index (Phi) is 3.16. The van der Waals surface area contributed by atoms with Gasteiger partial charge in [0.1, 0.15) is 5.82 Å². The molecule has 1 aliphatic rings. The first-order chi connectivity index (χ1) is 9.24. The van der Waals surface area contributed by atoms with Crippen LogP contribution in [0.4, 0.5) is 5.82 Å². The number of anilines is 1. The second-order valence-corrected chi connectivity index (χ2v) is 5.00. The molecule has 0 unspecified atom stereocenters. The summed E-state index contributed by atoms with van der Waals surface area (Å²) in [7, 11) is 0. The minimum atomic E-state index is 0.0648. The van der Waals surface area contributed by atoms with E-state index in [0.717, 1.165) is 25.0 Å². The fraction of sp³-hybridized carbons (Fsp3) is 0.462. The maximum Gasteiger partial charge on any atom is 0.228 e. The van der Waals surface area contributed by atoms with E-state index in [1.807, 2.05) is 6.07 Å². The number of hydrogen-bond donors (Lipinski definition) is 2. The van der Waals surface area contributed by atoms with Gasteiger partial charge in [0.05, 0.1) is 6.20 Å². The van der Waals surface area contributed by atoms with E-state index in [2.05, 4.69) is 27.6 Å². The second-order valence-electron chi connectivity index (χ2n) is 5.00. The quantitative estimate of drug-likeness (QED) is 0.846. The smallest absolute Gasteiger partial charge is 0.228 e. The molecule has 1 aliphatic heterocycles. The fourth-order valence-corrected chi connectivity index (χ4v) is 2.53. The van der Waals surface area contributed by atoms with Crippen LogP contribution >= 0.6 is 0 Å². The Hall–Kier alpha value is -1.95. The maximum atomic E-state index is 12.3. The number of amides is 1. The summed E-state index contributed by atoms with van der Waals surface area (Å²) in [4.78, 5) is 16.5. The molecular formula is C13H17N5O. The Morgan fingerprint density at radius 1 is 1.47 bits per heavy atom. The Morgan fingerprint density at radius 3 is 3.21 bits per heavy atom. The van der Waals surface area contributed by atoms with E-state index in [1.54, 1.807) is 23.0 Å². The molecule has 0 aromatic carbocycles. The van der Waals surface area contributed by atoms with Crippen LogP contribution in [0.3, 0.4) is 0 Å². The molecule has 0 saturated carbocycles.